The van der Waals surface area contributed by atoms with E-state index in [4.69, 9.17) is 4.98 Å². The molecule has 0 fully saturated rings. The Bertz CT molecular complexity index is 808. The van der Waals surface area contributed by atoms with Gasteiger partial charge < -0.3 is 10.2 Å². The molecule has 1 atom stereocenters. The van der Waals surface area contributed by atoms with Crippen molar-refractivity contribution in [2.45, 2.75) is 38.4 Å². The van der Waals surface area contributed by atoms with E-state index in [9.17, 15) is 10.2 Å². The van der Waals surface area contributed by atoms with Crippen LogP contribution in [0.15, 0.2) is 72.8 Å². The lowest BCUT2D eigenvalue weighted by atomic mass is 9.82. The molecule has 3 nitrogen and oxygen atoms in total. The molecule has 3 heteroatoms. The van der Waals surface area contributed by atoms with Crippen LogP contribution in [0.2, 0.25) is 0 Å². The summed E-state index contributed by atoms with van der Waals surface area (Å²) in [6.45, 7) is 4.92. The minimum absolute atomic E-state index is 0.332. The SMILES string of the molecule is CC(C)(O)C(C)(O)Cc1cc(-c2ccccc2)nc(-c2ccccc2)c1. The Labute approximate surface area is 155 Å². The molecule has 0 spiro atoms. The first-order valence-corrected chi connectivity index (χ1v) is 8.83. The highest BCUT2D eigenvalue weighted by Crippen LogP contribution is 2.30. The van der Waals surface area contributed by atoms with Crippen LogP contribution in [0.5, 0.6) is 0 Å². The highest BCUT2D eigenvalue weighted by molar-refractivity contribution is 5.67. The molecule has 0 aliphatic rings. The summed E-state index contributed by atoms with van der Waals surface area (Å²) in [6, 6.07) is 24.0. The maximum absolute atomic E-state index is 10.8. The second-order valence-electron chi connectivity index (χ2n) is 7.49. The van der Waals surface area contributed by atoms with Crippen LogP contribution in [0.3, 0.4) is 0 Å². The van der Waals surface area contributed by atoms with E-state index in [2.05, 4.69) is 0 Å². The largest absolute Gasteiger partial charge is 0.387 e. The van der Waals surface area contributed by atoms with Crippen molar-refractivity contribution >= 4 is 0 Å². The lowest BCUT2D eigenvalue weighted by molar-refractivity contribution is -0.118. The van der Waals surface area contributed by atoms with Crippen LogP contribution in [0, 0.1) is 0 Å². The lowest BCUT2D eigenvalue weighted by Gasteiger charge is -2.35. The summed E-state index contributed by atoms with van der Waals surface area (Å²) in [7, 11) is 0. The maximum Gasteiger partial charge on any atom is 0.0940 e. The fourth-order valence-electron chi connectivity index (χ4n) is 2.82. The van der Waals surface area contributed by atoms with Gasteiger partial charge in [0.1, 0.15) is 0 Å². The number of rotatable bonds is 5. The van der Waals surface area contributed by atoms with Crippen LogP contribution < -0.4 is 0 Å². The summed E-state index contributed by atoms with van der Waals surface area (Å²) in [4.78, 5) is 4.82. The van der Waals surface area contributed by atoms with Gasteiger partial charge in [0.2, 0.25) is 0 Å². The van der Waals surface area contributed by atoms with Gasteiger partial charge in [0.15, 0.2) is 0 Å². The molecule has 1 unspecified atom stereocenters. The van der Waals surface area contributed by atoms with E-state index >= 15 is 0 Å². The molecule has 1 aromatic heterocycles. The molecule has 0 amide bonds. The van der Waals surface area contributed by atoms with Gasteiger partial charge in [0, 0.05) is 17.5 Å². The molecule has 3 aromatic rings. The topological polar surface area (TPSA) is 53.4 Å². The molecule has 0 bridgehead atoms. The maximum atomic E-state index is 10.8. The number of hydrogen-bond acceptors (Lipinski definition) is 3. The number of aliphatic hydroxyl groups is 2. The predicted octanol–water partition coefficient (Wildman–Crippen LogP) is 4.48. The molecule has 1 heterocycles. The summed E-state index contributed by atoms with van der Waals surface area (Å²) in [5.74, 6) is 0. The van der Waals surface area contributed by atoms with Crippen LogP contribution in [-0.2, 0) is 6.42 Å². The molecule has 134 valence electrons. The summed E-state index contributed by atoms with van der Waals surface area (Å²) >= 11 is 0. The molecule has 0 saturated heterocycles. The second-order valence-corrected chi connectivity index (χ2v) is 7.49. The van der Waals surface area contributed by atoms with Crippen molar-refractivity contribution in [3.8, 4) is 22.5 Å². The summed E-state index contributed by atoms with van der Waals surface area (Å²) < 4.78 is 0. The van der Waals surface area contributed by atoms with E-state index in [1.165, 1.54) is 0 Å². The second kappa shape index (κ2) is 7.02. The highest BCUT2D eigenvalue weighted by Gasteiger charge is 2.37. The average Bonchev–Trinajstić information content (AvgIpc) is 2.61. The van der Waals surface area contributed by atoms with Crippen molar-refractivity contribution in [1.29, 1.82) is 0 Å². The zero-order valence-electron chi connectivity index (χ0n) is 15.5. The van der Waals surface area contributed by atoms with Crippen molar-refractivity contribution in [1.82, 2.24) is 4.98 Å². The quantitative estimate of drug-likeness (QED) is 0.715. The van der Waals surface area contributed by atoms with Crippen LogP contribution >= 0.6 is 0 Å². The van der Waals surface area contributed by atoms with E-state index in [0.29, 0.717) is 6.42 Å². The minimum Gasteiger partial charge on any atom is -0.387 e. The Morgan fingerprint density at radius 1 is 0.731 bits per heavy atom. The fraction of sp³-hybridized carbons (Fsp3) is 0.261. The van der Waals surface area contributed by atoms with Gasteiger partial charge in [-0.2, -0.15) is 0 Å². The van der Waals surface area contributed by atoms with Gasteiger partial charge in [-0.1, -0.05) is 60.7 Å². The Balaban J connectivity index is 2.10. The van der Waals surface area contributed by atoms with Crippen molar-refractivity contribution in [2.75, 3.05) is 0 Å². The van der Waals surface area contributed by atoms with Gasteiger partial charge in [0.25, 0.3) is 0 Å². The number of nitrogens with zero attached hydrogens (tertiary/aromatic N) is 1. The van der Waals surface area contributed by atoms with E-state index in [0.717, 1.165) is 28.1 Å². The smallest absolute Gasteiger partial charge is 0.0940 e. The number of pyridine rings is 1. The standard InChI is InChI=1S/C23H25NO2/c1-22(2,25)23(3,26)16-17-14-20(18-10-6-4-7-11-18)24-21(15-17)19-12-8-5-9-13-19/h4-15,25-26H,16H2,1-3H3. The molecule has 2 aromatic carbocycles. The highest BCUT2D eigenvalue weighted by atomic mass is 16.3. The Kier molecular flexibility index (Phi) is 4.94. The molecular weight excluding hydrogens is 322 g/mol. The first kappa shape index (κ1) is 18.3. The Morgan fingerprint density at radius 3 is 1.54 bits per heavy atom. The normalized spacial score (nSPS) is 14.0. The van der Waals surface area contributed by atoms with Crippen LogP contribution in [0.25, 0.3) is 22.5 Å². The molecule has 2 N–H and O–H groups in total. The zero-order chi connectivity index (χ0) is 18.8. The van der Waals surface area contributed by atoms with Crippen LogP contribution in [0.4, 0.5) is 0 Å². The van der Waals surface area contributed by atoms with Crippen LogP contribution in [0.1, 0.15) is 26.3 Å². The summed E-state index contributed by atoms with van der Waals surface area (Å²) in [5, 5.41) is 21.1. The first-order chi connectivity index (χ1) is 12.3. The molecule has 26 heavy (non-hydrogen) atoms. The van der Waals surface area contributed by atoms with Crippen molar-refractivity contribution in [3.63, 3.8) is 0 Å². The molecule has 3 rings (SSSR count). The fourth-order valence-corrected chi connectivity index (χ4v) is 2.82. The molecule has 0 aliphatic heterocycles. The number of benzene rings is 2. The Hall–Kier alpha value is -2.49. The van der Waals surface area contributed by atoms with Gasteiger partial charge >= 0.3 is 0 Å². The third-order valence-corrected chi connectivity index (χ3v) is 4.89. The average molecular weight is 347 g/mol. The van der Waals surface area contributed by atoms with E-state index in [-0.39, 0.29) is 0 Å². The van der Waals surface area contributed by atoms with Crippen molar-refractivity contribution < 1.29 is 10.2 Å². The van der Waals surface area contributed by atoms with Crippen LogP contribution in [-0.4, -0.2) is 26.4 Å². The third kappa shape index (κ3) is 4.01. The molecule has 0 radical (unpaired) electrons. The number of aromatic nitrogens is 1. The minimum atomic E-state index is -1.25. The monoisotopic (exact) mass is 347 g/mol. The van der Waals surface area contributed by atoms with Crippen molar-refractivity contribution in [3.05, 3.63) is 78.4 Å². The Morgan fingerprint density at radius 2 is 1.15 bits per heavy atom. The molecule has 0 saturated carbocycles. The first-order valence-electron chi connectivity index (χ1n) is 8.83. The third-order valence-electron chi connectivity index (χ3n) is 4.89. The van der Waals surface area contributed by atoms with Gasteiger partial charge in [-0.15, -0.1) is 0 Å². The summed E-state index contributed by atoms with van der Waals surface area (Å²) in [5.41, 5.74) is 2.22. The van der Waals surface area contributed by atoms with E-state index in [1.807, 2.05) is 72.8 Å². The summed E-state index contributed by atoms with van der Waals surface area (Å²) in [6.07, 6.45) is 0.332. The molecule has 0 aliphatic carbocycles. The predicted molar refractivity (Wildman–Crippen MR) is 106 cm³/mol. The van der Waals surface area contributed by atoms with Gasteiger partial charge in [-0.3, -0.25) is 0 Å². The van der Waals surface area contributed by atoms with E-state index in [1.54, 1.807) is 20.8 Å². The zero-order valence-corrected chi connectivity index (χ0v) is 15.5. The molecular formula is C23H25NO2. The van der Waals surface area contributed by atoms with Gasteiger partial charge in [-0.25, -0.2) is 4.98 Å². The van der Waals surface area contributed by atoms with Gasteiger partial charge in [-0.05, 0) is 38.5 Å². The van der Waals surface area contributed by atoms with Gasteiger partial charge in [0.05, 0.1) is 22.6 Å². The lowest BCUT2D eigenvalue weighted by Crippen LogP contribution is -2.49. The van der Waals surface area contributed by atoms with Crippen molar-refractivity contribution in [2.24, 2.45) is 0 Å². The number of hydrogen-bond donors (Lipinski definition) is 2. The van der Waals surface area contributed by atoms with E-state index < -0.39 is 11.2 Å².